The van der Waals surface area contributed by atoms with Crippen LogP contribution in [0.25, 0.3) is 0 Å². The fraction of sp³-hybridized carbons (Fsp3) is 0.600. The van der Waals surface area contributed by atoms with E-state index in [1.807, 2.05) is 45.1 Å². The molecule has 0 saturated carbocycles. The number of allylic oxidation sites excluding steroid dienone is 4. The third-order valence-corrected chi connectivity index (χ3v) is 2.83. The fourth-order valence-electron chi connectivity index (χ4n) is 1.87. The van der Waals surface area contributed by atoms with Crippen LogP contribution in [0.2, 0.25) is 0 Å². The monoisotopic (exact) mass is 237 g/mol. The van der Waals surface area contributed by atoms with Gasteiger partial charge in [0.15, 0.2) is 0 Å². The molecule has 1 rings (SSSR count). The van der Waals surface area contributed by atoms with Gasteiger partial charge in [-0.1, -0.05) is 44.7 Å². The molecule has 1 aliphatic heterocycles. The van der Waals surface area contributed by atoms with Crippen molar-refractivity contribution in [2.75, 3.05) is 13.1 Å². The fourth-order valence-corrected chi connectivity index (χ4v) is 1.87. The van der Waals surface area contributed by atoms with Crippen LogP contribution in [0, 0.1) is 0 Å². The molecule has 0 spiro atoms. The summed E-state index contributed by atoms with van der Waals surface area (Å²) < 4.78 is 0. The van der Waals surface area contributed by atoms with Gasteiger partial charge in [-0.25, -0.2) is 0 Å². The van der Waals surface area contributed by atoms with E-state index in [9.17, 15) is 5.11 Å². The van der Waals surface area contributed by atoms with Crippen molar-refractivity contribution in [3.8, 4) is 0 Å². The second-order valence-corrected chi connectivity index (χ2v) is 4.12. The van der Waals surface area contributed by atoms with Crippen molar-refractivity contribution in [2.45, 2.75) is 45.6 Å². The molecule has 0 radical (unpaired) electrons. The molecule has 1 aliphatic rings. The quantitative estimate of drug-likeness (QED) is 0.736. The molecular formula is C15H27NO. The average Bonchev–Trinajstić information content (AvgIpc) is 2.37. The van der Waals surface area contributed by atoms with Gasteiger partial charge in [0, 0.05) is 6.42 Å². The van der Waals surface area contributed by atoms with Gasteiger partial charge in [0.05, 0.1) is 5.60 Å². The summed E-state index contributed by atoms with van der Waals surface area (Å²) in [7, 11) is 0. The Bertz CT molecular complexity index is 260. The Morgan fingerprint density at radius 2 is 1.94 bits per heavy atom. The highest BCUT2D eigenvalue weighted by Crippen LogP contribution is 2.26. The lowest BCUT2D eigenvalue weighted by molar-refractivity contribution is 0.0116. The topological polar surface area (TPSA) is 32.3 Å². The molecule has 1 fully saturated rings. The second-order valence-electron chi connectivity index (χ2n) is 4.12. The molecular weight excluding hydrogens is 210 g/mol. The first-order chi connectivity index (χ1) is 8.20. The smallest absolute Gasteiger partial charge is 0.0712 e. The molecule has 0 aliphatic carbocycles. The maximum Gasteiger partial charge on any atom is 0.0712 e. The zero-order valence-electron chi connectivity index (χ0n) is 11.5. The number of hydrogen-bond donors (Lipinski definition) is 2. The standard InChI is InChI=1S/C13H21NO.C2H6/c1-3-5-6-12(4-2)11-13(15)7-9-14-10-8-13;1-2/h3-6,14-15H,2,7-11H2,1H3;1-2H3/b5-3-,12-6+;. The van der Waals surface area contributed by atoms with Crippen LogP contribution in [0.5, 0.6) is 0 Å². The Morgan fingerprint density at radius 3 is 2.41 bits per heavy atom. The number of nitrogens with one attached hydrogen (secondary N) is 1. The normalized spacial score (nSPS) is 19.6. The van der Waals surface area contributed by atoms with Crippen LogP contribution in [-0.2, 0) is 0 Å². The summed E-state index contributed by atoms with van der Waals surface area (Å²) in [6.07, 6.45) is 10.2. The van der Waals surface area contributed by atoms with Gasteiger partial charge in [-0.15, -0.1) is 0 Å². The summed E-state index contributed by atoms with van der Waals surface area (Å²) in [5, 5.41) is 13.6. The third-order valence-electron chi connectivity index (χ3n) is 2.83. The number of hydrogen-bond acceptors (Lipinski definition) is 2. The maximum absolute atomic E-state index is 10.3. The van der Waals surface area contributed by atoms with Crippen LogP contribution in [0.4, 0.5) is 0 Å². The Kier molecular flexibility index (Phi) is 8.73. The first-order valence-corrected chi connectivity index (χ1v) is 6.57. The summed E-state index contributed by atoms with van der Waals surface area (Å²) >= 11 is 0. The SMILES string of the molecule is C=C/C(=C\C=C/C)CC1(O)CCNCC1.CC. The molecule has 98 valence electrons. The van der Waals surface area contributed by atoms with Crippen LogP contribution in [0.15, 0.2) is 36.5 Å². The van der Waals surface area contributed by atoms with E-state index in [4.69, 9.17) is 0 Å². The minimum Gasteiger partial charge on any atom is -0.389 e. The van der Waals surface area contributed by atoms with Crippen molar-refractivity contribution >= 4 is 0 Å². The largest absolute Gasteiger partial charge is 0.389 e. The Hall–Kier alpha value is -0.860. The van der Waals surface area contributed by atoms with Crippen LogP contribution in [-0.4, -0.2) is 23.8 Å². The average molecular weight is 237 g/mol. The molecule has 0 atom stereocenters. The molecule has 0 aromatic carbocycles. The van der Waals surface area contributed by atoms with Gasteiger partial charge in [0.25, 0.3) is 0 Å². The van der Waals surface area contributed by atoms with Crippen molar-refractivity contribution in [3.05, 3.63) is 36.5 Å². The molecule has 0 amide bonds. The minimum absolute atomic E-state index is 0.535. The summed E-state index contributed by atoms with van der Waals surface area (Å²) in [4.78, 5) is 0. The molecule has 2 heteroatoms. The Labute approximate surface area is 106 Å². The first kappa shape index (κ1) is 16.1. The van der Waals surface area contributed by atoms with Crippen molar-refractivity contribution in [2.24, 2.45) is 0 Å². The summed E-state index contributed by atoms with van der Waals surface area (Å²) in [6, 6.07) is 0. The van der Waals surface area contributed by atoms with E-state index in [1.165, 1.54) is 0 Å². The highest BCUT2D eigenvalue weighted by Gasteiger charge is 2.29. The Morgan fingerprint density at radius 1 is 1.35 bits per heavy atom. The summed E-state index contributed by atoms with van der Waals surface area (Å²) in [5.74, 6) is 0. The molecule has 1 saturated heterocycles. The van der Waals surface area contributed by atoms with Gasteiger partial charge in [-0.3, -0.25) is 0 Å². The van der Waals surface area contributed by atoms with Gasteiger partial charge in [-0.05, 0) is 38.4 Å². The molecule has 17 heavy (non-hydrogen) atoms. The van der Waals surface area contributed by atoms with Crippen molar-refractivity contribution in [1.29, 1.82) is 0 Å². The maximum atomic E-state index is 10.3. The lowest BCUT2D eigenvalue weighted by Gasteiger charge is -2.32. The van der Waals surface area contributed by atoms with E-state index in [0.29, 0.717) is 6.42 Å². The molecule has 0 aromatic heterocycles. The Balaban J connectivity index is 0.00000121. The van der Waals surface area contributed by atoms with E-state index in [0.717, 1.165) is 31.5 Å². The zero-order valence-corrected chi connectivity index (χ0v) is 11.5. The zero-order chi connectivity index (χ0) is 13.1. The van der Waals surface area contributed by atoms with Crippen molar-refractivity contribution < 1.29 is 5.11 Å². The van der Waals surface area contributed by atoms with E-state index in [1.54, 1.807) is 0 Å². The van der Waals surface area contributed by atoms with Crippen LogP contribution in [0.1, 0.15) is 40.0 Å². The van der Waals surface area contributed by atoms with Gasteiger partial charge in [0.2, 0.25) is 0 Å². The van der Waals surface area contributed by atoms with E-state index in [-0.39, 0.29) is 0 Å². The van der Waals surface area contributed by atoms with Crippen LogP contribution in [0.3, 0.4) is 0 Å². The summed E-state index contributed by atoms with van der Waals surface area (Å²) in [5.41, 5.74) is 0.574. The van der Waals surface area contributed by atoms with Crippen LogP contribution >= 0.6 is 0 Å². The van der Waals surface area contributed by atoms with Gasteiger partial charge < -0.3 is 10.4 Å². The van der Waals surface area contributed by atoms with E-state index in [2.05, 4.69) is 11.9 Å². The van der Waals surface area contributed by atoms with Gasteiger partial charge >= 0.3 is 0 Å². The van der Waals surface area contributed by atoms with Crippen molar-refractivity contribution in [1.82, 2.24) is 5.32 Å². The molecule has 0 aromatic rings. The van der Waals surface area contributed by atoms with Gasteiger partial charge in [0.1, 0.15) is 0 Å². The molecule has 1 heterocycles. The van der Waals surface area contributed by atoms with Crippen LogP contribution < -0.4 is 5.32 Å². The lowest BCUT2D eigenvalue weighted by atomic mass is 9.86. The van der Waals surface area contributed by atoms with Crippen molar-refractivity contribution in [3.63, 3.8) is 0 Å². The molecule has 2 N–H and O–H groups in total. The predicted molar refractivity (Wildman–Crippen MR) is 76.1 cm³/mol. The van der Waals surface area contributed by atoms with Gasteiger partial charge in [-0.2, -0.15) is 0 Å². The number of aliphatic hydroxyl groups is 1. The lowest BCUT2D eigenvalue weighted by Crippen LogP contribution is -2.41. The molecule has 0 bridgehead atoms. The first-order valence-electron chi connectivity index (χ1n) is 6.57. The molecule has 0 unspecified atom stereocenters. The van der Waals surface area contributed by atoms with E-state index >= 15 is 0 Å². The highest BCUT2D eigenvalue weighted by atomic mass is 16.3. The van der Waals surface area contributed by atoms with E-state index < -0.39 is 5.60 Å². The summed E-state index contributed by atoms with van der Waals surface area (Å²) in [6.45, 7) is 11.6. The predicted octanol–water partition coefficient (Wildman–Crippen LogP) is 3.21. The molecule has 2 nitrogen and oxygen atoms in total. The highest BCUT2D eigenvalue weighted by molar-refractivity contribution is 5.24. The minimum atomic E-state index is -0.535. The number of rotatable bonds is 4. The second kappa shape index (κ2) is 9.20. The number of piperidine rings is 1. The third kappa shape index (κ3) is 6.44.